The third kappa shape index (κ3) is 3.31. The number of fused-ring (bicyclic) bond motifs is 1. The lowest BCUT2D eigenvalue weighted by atomic mass is 10.1. The van der Waals surface area contributed by atoms with Crippen molar-refractivity contribution in [3.05, 3.63) is 31.1 Å². The van der Waals surface area contributed by atoms with E-state index in [0.29, 0.717) is 22.6 Å². The molecule has 4 atom stereocenters. The summed E-state index contributed by atoms with van der Waals surface area (Å²) in [6.07, 6.45) is -0.798. The molecule has 27 heavy (non-hydrogen) atoms. The SMILES string of the molecule is NS(=O)(=O)OC[C@H]1O[C@@H](n2cnc3c(-c4ccco4)ncnc32)[C@H](O)[C@@H]1O. The van der Waals surface area contributed by atoms with Gasteiger partial charge in [0.25, 0.3) is 0 Å². The van der Waals surface area contributed by atoms with Crippen LogP contribution in [0.5, 0.6) is 0 Å². The minimum atomic E-state index is -4.21. The van der Waals surface area contributed by atoms with Gasteiger partial charge in [0.1, 0.15) is 35.8 Å². The van der Waals surface area contributed by atoms with Crippen LogP contribution in [0.1, 0.15) is 6.23 Å². The molecular formula is C14H15N5O7S. The molecule has 3 aromatic rings. The molecule has 144 valence electrons. The van der Waals surface area contributed by atoms with E-state index in [1.165, 1.54) is 23.5 Å². The number of aliphatic hydroxyl groups excluding tert-OH is 2. The van der Waals surface area contributed by atoms with Crippen LogP contribution in [0, 0.1) is 0 Å². The predicted octanol–water partition coefficient (Wildman–Crippen LogP) is -1.07. The van der Waals surface area contributed by atoms with Crippen LogP contribution in [0.4, 0.5) is 0 Å². The Morgan fingerprint density at radius 2 is 2.07 bits per heavy atom. The van der Waals surface area contributed by atoms with Crippen molar-refractivity contribution in [2.45, 2.75) is 24.5 Å². The maximum atomic E-state index is 10.9. The molecule has 0 amide bonds. The zero-order chi connectivity index (χ0) is 19.2. The molecule has 0 unspecified atom stereocenters. The molecule has 13 heteroatoms. The van der Waals surface area contributed by atoms with Crippen molar-refractivity contribution in [3.63, 3.8) is 0 Å². The number of hydrogen-bond donors (Lipinski definition) is 3. The molecule has 0 saturated carbocycles. The smallest absolute Gasteiger partial charge is 0.333 e. The number of nitrogens with zero attached hydrogens (tertiary/aromatic N) is 4. The third-order valence-corrected chi connectivity index (χ3v) is 4.59. The molecule has 3 aromatic heterocycles. The van der Waals surface area contributed by atoms with Gasteiger partial charge in [0.15, 0.2) is 17.6 Å². The first-order valence-electron chi connectivity index (χ1n) is 7.75. The number of imidazole rings is 1. The lowest BCUT2D eigenvalue weighted by Crippen LogP contribution is -2.35. The van der Waals surface area contributed by atoms with E-state index < -0.39 is 41.5 Å². The normalized spacial score (nSPS) is 26.0. The Labute approximate surface area is 152 Å². The summed E-state index contributed by atoms with van der Waals surface area (Å²) in [4.78, 5) is 12.6. The molecule has 4 N–H and O–H groups in total. The zero-order valence-corrected chi connectivity index (χ0v) is 14.4. The highest BCUT2D eigenvalue weighted by Crippen LogP contribution is 2.33. The first-order valence-corrected chi connectivity index (χ1v) is 9.22. The summed E-state index contributed by atoms with van der Waals surface area (Å²) in [5.41, 5.74) is 1.19. The van der Waals surface area contributed by atoms with Crippen molar-refractivity contribution in [2.24, 2.45) is 5.14 Å². The van der Waals surface area contributed by atoms with Gasteiger partial charge < -0.3 is 19.4 Å². The average Bonchev–Trinajstić information content (AvgIpc) is 3.34. The van der Waals surface area contributed by atoms with Crippen LogP contribution in [-0.2, 0) is 19.2 Å². The maximum absolute atomic E-state index is 10.9. The van der Waals surface area contributed by atoms with Gasteiger partial charge in [0.05, 0.1) is 19.2 Å². The molecule has 12 nitrogen and oxygen atoms in total. The molecule has 1 aliphatic rings. The number of hydrogen-bond acceptors (Lipinski definition) is 10. The van der Waals surface area contributed by atoms with Crippen LogP contribution in [0.2, 0.25) is 0 Å². The van der Waals surface area contributed by atoms with E-state index in [-0.39, 0.29) is 0 Å². The number of rotatable bonds is 5. The third-order valence-electron chi connectivity index (χ3n) is 4.12. The largest absolute Gasteiger partial charge is 0.463 e. The van der Waals surface area contributed by atoms with Crippen molar-refractivity contribution < 1.29 is 32.0 Å². The molecule has 1 aliphatic heterocycles. The second kappa shape index (κ2) is 6.63. The second-order valence-corrected chi connectivity index (χ2v) is 7.07. The van der Waals surface area contributed by atoms with E-state index in [4.69, 9.17) is 14.3 Å². The number of nitrogens with two attached hydrogens (primary N) is 1. The number of aliphatic hydroxyl groups is 2. The molecule has 0 aliphatic carbocycles. The van der Waals surface area contributed by atoms with E-state index in [2.05, 4.69) is 19.1 Å². The molecule has 0 aromatic carbocycles. The quantitative estimate of drug-likeness (QED) is 0.480. The molecule has 0 spiro atoms. The first-order chi connectivity index (χ1) is 12.8. The van der Waals surface area contributed by atoms with E-state index >= 15 is 0 Å². The minimum Gasteiger partial charge on any atom is -0.463 e. The lowest BCUT2D eigenvalue weighted by Gasteiger charge is -2.16. The van der Waals surface area contributed by atoms with E-state index in [1.807, 2.05) is 0 Å². The van der Waals surface area contributed by atoms with Crippen LogP contribution in [0.3, 0.4) is 0 Å². The van der Waals surface area contributed by atoms with Gasteiger partial charge in [0, 0.05) is 0 Å². The van der Waals surface area contributed by atoms with Crippen molar-refractivity contribution >= 4 is 21.5 Å². The summed E-state index contributed by atoms with van der Waals surface area (Å²) in [5, 5.41) is 25.2. The lowest BCUT2D eigenvalue weighted by molar-refractivity contribution is -0.0467. The topological polar surface area (TPSA) is 176 Å². The molecule has 4 heterocycles. The van der Waals surface area contributed by atoms with Crippen LogP contribution in [0.15, 0.2) is 35.5 Å². The first kappa shape index (κ1) is 18.0. The highest BCUT2D eigenvalue weighted by molar-refractivity contribution is 7.84. The Hall–Kier alpha value is -2.42. The van der Waals surface area contributed by atoms with E-state index in [0.717, 1.165) is 0 Å². The monoisotopic (exact) mass is 397 g/mol. The van der Waals surface area contributed by atoms with Gasteiger partial charge in [-0.2, -0.15) is 8.42 Å². The average molecular weight is 397 g/mol. The Balaban J connectivity index is 1.66. The second-order valence-electron chi connectivity index (χ2n) is 5.85. The Kier molecular flexibility index (Phi) is 4.41. The van der Waals surface area contributed by atoms with Crippen molar-refractivity contribution in [1.29, 1.82) is 0 Å². The maximum Gasteiger partial charge on any atom is 0.333 e. The summed E-state index contributed by atoms with van der Waals surface area (Å²) in [6.45, 7) is -0.549. The van der Waals surface area contributed by atoms with Crippen molar-refractivity contribution in [2.75, 3.05) is 6.61 Å². The molecule has 0 bridgehead atoms. The summed E-state index contributed by atoms with van der Waals surface area (Å²) in [7, 11) is -4.21. The Morgan fingerprint density at radius 1 is 1.26 bits per heavy atom. The fraction of sp³-hybridized carbons (Fsp3) is 0.357. The molecular weight excluding hydrogens is 382 g/mol. The summed E-state index contributed by atoms with van der Waals surface area (Å²) < 4.78 is 38.6. The van der Waals surface area contributed by atoms with Crippen molar-refractivity contribution in [1.82, 2.24) is 19.5 Å². The molecule has 4 rings (SSSR count). The summed E-state index contributed by atoms with van der Waals surface area (Å²) in [6, 6.07) is 3.42. The summed E-state index contributed by atoms with van der Waals surface area (Å²) >= 11 is 0. The fourth-order valence-corrected chi connectivity index (χ4v) is 3.21. The van der Waals surface area contributed by atoms with Gasteiger partial charge in [-0.1, -0.05) is 0 Å². The zero-order valence-electron chi connectivity index (χ0n) is 13.6. The molecule has 1 fully saturated rings. The minimum absolute atomic E-state index is 0.334. The van der Waals surface area contributed by atoms with Crippen LogP contribution in [0.25, 0.3) is 22.6 Å². The van der Waals surface area contributed by atoms with Gasteiger partial charge in [-0.15, -0.1) is 0 Å². The Bertz CT molecular complexity index is 1050. The molecule has 0 radical (unpaired) electrons. The fourth-order valence-electron chi connectivity index (χ4n) is 2.89. The van der Waals surface area contributed by atoms with Gasteiger partial charge in [-0.05, 0) is 12.1 Å². The molecule has 1 saturated heterocycles. The number of ether oxygens (including phenoxy) is 1. The Morgan fingerprint density at radius 3 is 2.78 bits per heavy atom. The van der Waals surface area contributed by atoms with Crippen LogP contribution >= 0.6 is 0 Å². The van der Waals surface area contributed by atoms with Crippen LogP contribution < -0.4 is 5.14 Å². The van der Waals surface area contributed by atoms with Gasteiger partial charge in [-0.25, -0.2) is 20.1 Å². The highest BCUT2D eigenvalue weighted by atomic mass is 32.2. The predicted molar refractivity (Wildman–Crippen MR) is 88.0 cm³/mol. The van der Waals surface area contributed by atoms with E-state index in [9.17, 15) is 18.6 Å². The number of aromatic nitrogens is 4. The van der Waals surface area contributed by atoms with Gasteiger partial charge in [-0.3, -0.25) is 8.75 Å². The van der Waals surface area contributed by atoms with Gasteiger partial charge in [0.2, 0.25) is 0 Å². The number of furan rings is 1. The highest BCUT2D eigenvalue weighted by Gasteiger charge is 2.45. The van der Waals surface area contributed by atoms with E-state index in [1.54, 1.807) is 12.1 Å². The standard InChI is InChI=1S/C14H15N5O7S/c15-27(22,23)25-4-8-11(20)12(21)14(26-8)19-6-18-10-9(7-2-1-3-24-7)16-5-17-13(10)19/h1-3,5-6,8,11-12,14,20-21H,4H2,(H2,15,22,23)/t8-,11-,12-,14-/m1/s1. The van der Waals surface area contributed by atoms with Crippen molar-refractivity contribution in [3.8, 4) is 11.5 Å². The summed E-state index contributed by atoms with van der Waals surface area (Å²) in [5.74, 6) is 0.486. The van der Waals surface area contributed by atoms with Crippen LogP contribution in [-0.4, -0.2) is 63.1 Å². The van der Waals surface area contributed by atoms with Gasteiger partial charge >= 0.3 is 10.3 Å².